The van der Waals surface area contributed by atoms with E-state index >= 15 is 0 Å². The highest BCUT2D eigenvalue weighted by Crippen LogP contribution is 2.45. The predicted octanol–water partition coefficient (Wildman–Crippen LogP) is 19.0. The fraction of sp³-hybridized carbons (Fsp3) is 0.940. The molecule has 86 heavy (non-hydrogen) atoms. The lowest BCUT2D eigenvalue weighted by Gasteiger charge is -2.21. The van der Waals surface area contributed by atoms with Crippen molar-refractivity contribution in [3.8, 4) is 0 Å². The summed E-state index contributed by atoms with van der Waals surface area (Å²) in [7, 11) is -9.88. The summed E-state index contributed by atoms with van der Waals surface area (Å²) in [6, 6.07) is 0. The molecule has 0 aliphatic rings. The van der Waals surface area contributed by atoms with Gasteiger partial charge in [-0.1, -0.05) is 291 Å². The van der Waals surface area contributed by atoms with Crippen LogP contribution in [0.2, 0.25) is 0 Å². The number of unbranched alkanes of at least 4 members (excludes halogenated alkanes) is 39. The van der Waals surface area contributed by atoms with Gasteiger partial charge in [0.2, 0.25) is 0 Å². The van der Waals surface area contributed by atoms with E-state index in [4.69, 9.17) is 37.0 Å². The molecule has 0 saturated carbocycles. The van der Waals surface area contributed by atoms with Gasteiger partial charge in [0.25, 0.3) is 0 Å². The van der Waals surface area contributed by atoms with Crippen LogP contribution in [0, 0.1) is 5.92 Å². The minimum atomic E-state index is -4.95. The summed E-state index contributed by atoms with van der Waals surface area (Å²) < 4.78 is 67.9. The van der Waals surface area contributed by atoms with Crippen molar-refractivity contribution in [3.63, 3.8) is 0 Å². The van der Waals surface area contributed by atoms with Crippen molar-refractivity contribution in [1.29, 1.82) is 0 Å². The van der Waals surface area contributed by atoms with Crippen LogP contribution in [-0.4, -0.2) is 96.7 Å². The second kappa shape index (κ2) is 60.6. The zero-order chi connectivity index (χ0) is 63.5. The molecule has 17 nitrogen and oxygen atoms in total. The lowest BCUT2D eigenvalue weighted by molar-refractivity contribution is -0.161. The van der Waals surface area contributed by atoms with E-state index in [0.717, 1.165) is 96.3 Å². The Morgan fingerprint density at radius 3 is 0.791 bits per heavy atom. The van der Waals surface area contributed by atoms with Crippen LogP contribution in [-0.2, 0) is 65.4 Å². The van der Waals surface area contributed by atoms with Crippen molar-refractivity contribution in [2.75, 3.05) is 39.6 Å². The molecule has 0 aliphatic carbocycles. The first-order valence-electron chi connectivity index (χ1n) is 35.1. The molecule has 19 heteroatoms. The molecule has 0 rings (SSSR count). The molecule has 3 N–H and O–H groups in total. The molecule has 0 aromatic rings. The number of aliphatic hydroxyl groups is 1. The normalized spacial score (nSPS) is 14.2. The molecule has 0 saturated heterocycles. The summed E-state index contributed by atoms with van der Waals surface area (Å²) in [5, 5.41) is 10.5. The van der Waals surface area contributed by atoms with E-state index in [9.17, 15) is 43.2 Å². The van der Waals surface area contributed by atoms with Gasteiger partial charge in [-0.15, -0.1) is 0 Å². The average Bonchev–Trinajstić information content (AvgIpc) is 3.48. The second-order valence-corrected chi connectivity index (χ2v) is 27.6. The number of phosphoric acid groups is 2. The van der Waals surface area contributed by atoms with Gasteiger partial charge in [-0.3, -0.25) is 37.3 Å². The van der Waals surface area contributed by atoms with Crippen molar-refractivity contribution in [2.45, 2.75) is 361 Å². The van der Waals surface area contributed by atoms with Crippen LogP contribution in [0.15, 0.2) is 0 Å². The van der Waals surface area contributed by atoms with E-state index in [1.807, 2.05) is 0 Å². The van der Waals surface area contributed by atoms with E-state index in [-0.39, 0.29) is 25.7 Å². The van der Waals surface area contributed by atoms with Gasteiger partial charge in [-0.05, 0) is 31.6 Å². The summed E-state index contributed by atoms with van der Waals surface area (Å²) in [6.45, 7) is 7.04. The van der Waals surface area contributed by atoms with Gasteiger partial charge in [-0.2, -0.15) is 0 Å². The molecule has 0 spiro atoms. The second-order valence-electron chi connectivity index (χ2n) is 24.7. The third-order valence-electron chi connectivity index (χ3n) is 15.5. The van der Waals surface area contributed by atoms with Crippen molar-refractivity contribution >= 4 is 39.5 Å². The Hall–Kier alpha value is -1.94. The van der Waals surface area contributed by atoms with Gasteiger partial charge >= 0.3 is 39.5 Å². The van der Waals surface area contributed by atoms with Gasteiger partial charge in [0, 0.05) is 25.7 Å². The first-order chi connectivity index (χ1) is 41.5. The largest absolute Gasteiger partial charge is 0.472 e. The van der Waals surface area contributed by atoms with E-state index in [0.29, 0.717) is 31.6 Å². The Balaban J connectivity index is 5.15. The fourth-order valence-electron chi connectivity index (χ4n) is 10.1. The Kier molecular flexibility index (Phi) is 59.2. The molecular weight excluding hydrogens is 1140 g/mol. The van der Waals surface area contributed by atoms with Crippen LogP contribution >= 0.6 is 15.6 Å². The summed E-state index contributed by atoms with van der Waals surface area (Å²) in [5.74, 6) is -1.47. The van der Waals surface area contributed by atoms with Crippen LogP contribution in [0.4, 0.5) is 0 Å². The maximum absolute atomic E-state index is 13.0. The molecule has 0 fully saturated rings. The van der Waals surface area contributed by atoms with Crippen molar-refractivity contribution in [1.82, 2.24) is 0 Å². The van der Waals surface area contributed by atoms with Gasteiger partial charge in [0.15, 0.2) is 12.2 Å². The number of aliphatic hydroxyl groups excluding tert-OH is 1. The molecule has 0 aromatic heterocycles. The molecule has 510 valence electrons. The maximum atomic E-state index is 13.0. The highest BCUT2D eigenvalue weighted by atomic mass is 31.2. The number of phosphoric ester groups is 2. The van der Waals surface area contributed by atoms with Crippen molar-refractivity contribution in [3.05, 3.63) is 0 Å². The quantitative estimate of drug-likeness (QED) is 0.0222. The van der Waals surface area contributed by atoms with Gasteiger partial charge in [-0.25, -0.2) is 9.13 Å². The van der Waals surface area contributed by atoms with E-state index in [1.54, 1.807) is 0 Å². The smallest absolute Gasteiger partial charge is 0.462 e. The molecule has 0 amide bonds. The zero-order valence-corrected chi connectivity index (χ0v) is 57.2. The lowest BCUT2D eigenvalue weighted by atomic mass is 10.0. The summed E-state index contributed by atoms with van der Waals surface area (Å²) in [5.41, 5.74) is 0. The minimum absolute atomic E-state index is 0.101. The first kappa shape index (κ1) is 84.1. The van der Waals surface area contributed by atoms with Crippen LogP contribution in [0.1, 0.15) is 343 Å². The van der Waals surface area contributed by atoms with Gasteiger partial charge < -0.3 is 33.8 Å². The molecule has 0 radical (unpaired) electrons. The Bertz CT molecular complexity index is 1670. The minimum Gasteiger partial charge on any atom is -0.462 e. The highest BCUT2D eigenvalue weighted by Gasteiger charge is 2.30. The van der Waals surface area contributed by atoms with Crippen LogP contribution in [0.25, 0.3) is 0 Å². The third kappa shape index (κ3) is 60.9. The molecule has 0 heterocycles. The third-order valence-corrected chi connectivity index (χ3v) is 17.4. The number of ether oxygens (including phenoxy) is 4. The lowest BCUT2D eigenvalue weighted by Crippen LogP contribution is -2.30. The number of hydrogen-bond acceptors (Lipinski definition) is 15. The van der Waals surface area contributed by atoms with E-state index in [2.05, 4.69) is 34.6 Å². The molecule has 0 aromatic carbocycles. The van der Waals surface area contributed by atoms with Crippen LogP contribution < -0.4 is 0 Å². The predicted molar refractivity (Wildman–Crippen MR) is 345 cm³/mol. The number of carbonyl (C=O) groups is 4. The number of rotatable bonds is 67. The fourth-order valence-corrected chi connectivity index (χ4v) is 11.7. The number of hydrogen-bond donors (Lipinski definition) is 3. The number of esters is 4. The standard InChI is InChI=1S/C67H130O17P2/c1-6-9-12-15-17-19-21-23-25-26-28-30-32-34-36-42-47-52-66(71)83-63(57-78-65(70)51-46-41-35-33-31-29-27-24-22-20-18-16-13-10-7-2)59-82-86(75,76)80-55-61(68)54-79-85(73,74)81-58-62(56-77-64(69)50-45-39-14-11-8-3)84-67(72)53-48-43-38-37-40-44-49-60(4)5/h60-63,68H,6-59H2,1-5H3,(H,73,74)(H,75,76)/t61-,62+,63+/m0/s1. The van der Waals surface area contributed by atoms with Gasteiger partial charge in [0.1, 0.15) is 19.3 Å². The molecular formula is C67H130O17P2. The topological polar surface area (TPSA) is 237 Å². The van der Waals surface area contributed by atoms with Crippen molar-refractivity contribution in [2.24, 2.45) is 5.92 Å². The molecule has 0 aliphatic heterocycles. The van der Waals surface area contributed by atoms with E-state index in [1.165, 1.54) is 161 Å². The molecule has 5 atom stereocenters. The maximum Gasteiger partial charge on any atom is 0.472 e. The summed E-state index contributed by atoms with van der Waals surface area (Å²) in [6.07, 6.45) is 46.4. The van der Waals surface area contributed by atoms with Crippen LogP contribution in [0.5, 0.6) is 0 Å². The summed E-state index contributed by atoms with van der Waals surface area (Å²) in [4.78, 5) is 72.1. The van der Waals surface area contributed by atoms with Gasteiger partial charge in [0.05, 0.1) is 26.4 Å². The summed E-state index contributed by atoms with van der Waals surface area (Å²) >= 11 is 0. The van der Waals surface area contributed by atoms with Crippen LogP contribution in [0.3, 0.4) is 0 Å². The Labute approximate surface area is 524 Å². The molecule has 2 unspecified atom stereocenters. The van der Waals surface area contributed by atoms with Crippen molar-refractivity contribution < 1.29 is 80.2 Å². The number of carbonyl (C=O) groups excluding carboxylic acids is 4. The molecule has 0 bridgehead atoms. The first-order valence-corrected chi connectivity index (χ1v) is 38.1. The Morgan fingerprint density at radius 2 is 0.535 bits per heavy atom. The monoisotopic (exact) mass is 1270 g/mol. The SMILES string of the molecule is CCCCCCCCCCCCCCCCCCCC(=O)O[C@H](COC(=O)CCCCCCCCCCCCCCCCC)COP(=O)(O)OC[C@@H](O)COP(=O)(O)OC[C@@H](COC(=O)CCCCCCC)OC(=O)CCCCCCCCC(C)C. The highest BCUT2D eigenvalue weighted by molar-refractivity contribution is 7.47. The Morgan fingerprint density at radius 1 is 0.314 bits per heavy atom. The van der Waals surface area contributed by atoms with E-state index < -0.39 is 97.5 Å². The zero-order valence-electron chi connectivity index (χ0n) is 55.4. The average molecular weight is 1270 g/mol.